The fourth-order valence-corrected chi connectivity index (χ4v) is 4.04. The van der Waals surface area contributed by atoms with Gasteiger partial charge in [-0.1, -0.05) is 18.2 Å². The Bertz CT molecular complexity index is 1370. The largest absolute Gasteiger partial charge is 0.419 e. The summed E-state index contributed by atoms with van der Waals surface area (Å²) in [5, 5.41) is 14.0. The van der Waals surface area contributed by atoms with Crippen molar-refractivity contribution in [2.24, 2.45) is 4.99 Å². The summed E-state index contributed by atoms with van der Waals surface area (Å²) in [6.45, 7) is -1.23. The number of aromatic nitrogens is 2. The minimum atomic E-state index is -4.72. The lowest BCUT2D eigenvalue weighted by Gasteiger charge is -2.32. The number of rotatable bonds is 4. The molecule has 0 saturated heterocycles. The number of fused-ring (bicyclic) bond motifs is 1. The highest BCUT2D eigenvalue weighted by Crippen LogP contribution is 2.40. The van der Waals surface area contributed by atoms with Crippen LogP contribution in [0, 0.1) is 11.3 Å². The van der Waals surface area contributed by atoms with Gasteiger partial charge in [-0.2, -0.15) is 31.6 Å². The topological polar surface area (TPSA) is 106 Å². The smallest absolute Gasteiger partial charge is 0.365 e. The molecular formula is C24H19F6N7O. The van der Waals surface area contributed by atoms with Gasteiger partial charge in [0.05, 0.1) is 40.7 Å². The predicted octanol–water partition coefficient (Wildman–Crippen LogP) is 4.26. The van der Waals surface area contributed by atoms with Crippen molar-refractivity contribution in [3.05, 3.63) is 70.8 Å². The van der Waals surface area contributed by atoms with E-state index in [1.807, 2.05) is 0 Å². The maximum absolute atomic E-state index is 13.8. The number of benzene rings is 1. The number of nitrogens with zero attached hydrogens (tertiary/aromatic N) is 5. The zero-order valence-electron chi connectivity index (χ0n) is 19.5. The minimum Gasteiger partial charge on any atom is -0.365 e. The number of carbonyl (C=O) groups is 1. The second kappa shape index (κ2) is 10.5. The molecule has 38 heavy (non-hydrogen) atoms. The van der Waals surface area contributed by atoms with Gasteiger partial charge in [0.2, 0.25) is 0 Å². The molecule has 0 atom stereocenters. The first-order valence-corrected chi connectivity index (χ1v) is 11.2. The third kappa shape index (κ3) is 6.10. The molecule has 1 amide bonds. The van der Waals surface area contributed by atoms with Gasteiger partial charge < -0.3 is 15.5 Å². The van der Waals surface area contributed by atoms with Gasteiger partial charge in [-0.05, 0) is 18.6 Å². The molecule has 0 fully saturated rings. The van der Waals surface area contributed by atoms with E-state index in [1.165, 1.54) is 29.4 Å². The number of alkyl halides is 6. The van der Waals surface area contributed by atoms with Crippen LogP contribution in [0.5, 0.6) is 0 Å². The third-order valence-corrected chi connectivity index (χ3v) is 5.74. The van der Waals surface area contributed by atoms with E-state index in [4.69, 9.17) is 0 Å². The van der Waals surface area contributed by atoms with Crippen LogP contribution in [-0.4, -0.2) is 41.0 Å². The van der Waals surface area contributed by atoms with Crippen LogP contribution in [0.15, 0.2) is 53.4 Å². The van der Waals surface area contributed by atoms with Crippen molar-refractivity contribution in [2.45, 2.75) is 31.7 Å². The van der Waals surface area contributed by atoms with E-state index in [0.29, 0.717) is 22.9 Å². The Kier molecular flexibility index (Phi) is 7.38. The molecule has 1 aromatic carbocycles. The molecule has 0 radical (unpaired) electrons. The second-order valence-corrected chi connectivity index (χ2v) is 8.32. The van der Waals surface area contributed by atoms with Gasteiger partial charge >= 0.3 is 12.4 Å². The molecule has 0 bridgehead atoms. The maximum atomic E-state index is 13.8. The van der Waals surface area contributed by atoms with E-state index in [2.05, 4.69) is 20.3 Å². The first kappa shape index (κ1) is 26.6. The highest BCUT2D eigenvalue weighted by atomic mass is 19.4. The van der Waals surface area contributed by atoms with Crippen molar-refractivity contribution in [1.82, 2.24) is 15.3 Å². The summed E-state index contributed by atoms with van der Waals surface area (Å²) in [4.78, 5) is 26.1. The molecule has 198 valence electrons. The summed E-state index contributed by atoms with van der Waals surface area (Å²) >= 11 is 0. The molecule has 2 N–H and O–H groups in total. The Morgan fingerprint density at radius 2 is 1.95 bits per heavy atom. The number of nitriles is 1. The molecule has 4 rings (SSSR count). The standard InChI is InChI=1S/C24H19F6N7O/c25-23(26,27)12-33-22(38)15-4-2-6-19(32-10-15)36-21-16-7-8-37(11-17(16)34-13-35-21)18-5-1-3-14(9-31)20(18)24(28,29)30/h1-5,10,13H,6-8,11-12H2,(H,33,38)(H,32,34,35,36). The fraction of sp³-hybridized carbons (Fsp3) is 0.292. The summed E-state index contributed by atoms with van der Waals surface area (Å²) in [7, 11) is 0. The number of nitrogens with one attached hydrogen (secondary N) is 2. The first-order valence-electron chi connectivity index (χ1n) is 11.2. The van der Waals surface area contributed by atoms with E-state index in [9.17, 15) is 36.4 Å². The van der Waals surface area contributed by atoms with Crippen LogP contribution in [0.2, 0.25) is 0 Å². The average molecular weight is 535 g/mol. The van der Waals surface area contributed by atoms with Gasteiger partial charge in [-0.3, -0.25) is 4.79 Å². The number of amides is 1. The Labute approximate surface area is 212 Å². The summed E-state index contributed by atoms with van der Waals surface area (Å²) < 4.78 is 78.4. The van der Waals surface area contributed by atoms with Crippen molar-refractivity contribution < 1.29 is 31.1 Å². The predicted molar refractivity (Wildman–Crippen MR) is 125 cm³/mol. The molecule has 0 spiro atoms. The van der Waals surface area contributed by atoms with Crippen molar-refractivity contribution in [3.63, 3.8) is 0 Å². The number of anilines is 2. The van der Waals surface area contributed by atoms with Gasteiger partial charge in [0.1, 0.15) is 24.5 Å². The lowest BCUT2D eigenvalue weighted by Crippen LogP contribution is -2.34. The van der Waals surface area contributed by atoms with E-state index < -0.39 is 35.9 Å². The van der Waals surface area contributed by atoms with E-state index >= 15 is 0 Å². The lowest BCUT2D eigenvalue weighted by molar-refractivity contribution is -0.137. The molecule has 8 nitrogen and oxygen atoms in total. The Morgan fingerprint density at radius 3 is 2.66 bits per heavy atom. The van der Waals surface area contributed by atoms with E-state index in [1.54, 1.807) is 17.5 Å². The van der Waals surface area contributed by atoms with Crippen molar-refractivity contribution >= 4 is 23.2 Å². The Morgan fingerprint density at radius 1 is 1.16 bits per heavy atom. The third-order valence-electron chi connectivity index (χ3n) is 5.74. The van der Waals surface area contributed by atoms with Gasteiger partial charge in [0.25, 0.3) is 5.91 Å². The van der Waals surface area contributed by atoms with Crippen LogP contribution < -0.4 is 15.5 Å². The number of amidine groups is 1. The van der Waals surface area contributed by atoms with E-state index in [0.717, 1.165) is 12.3 Å². The normalized spacial score (nSPS) is 15.6. The monoisotopic (exact) mass is 535 g/mol. The summed E-state index contributed by atoms with van der Waals surface area (Å²) in [5.41, 5.74) is -0.500. The molecule has 0 unspecified atom stereocenters. The van der Waals surface area contributed by atoms with Gasteiger partial charge in [-0.15, -0.1) is 0 Å². The van der Waals surface area contributed by atoms with Crippen LogP contribution in [-0.2, 0) is 23.9 Å². The maximum Gasteiger partial charge on any atom is 0.419 e. The Balaban J connectivity index is 1.53. The number of hydrogen-bond donors (Lipinski definition) is 2. The molecule has 1 aromatic heterocycles. The van der Waals surface area contributed by atoms with Crippen LogP contribution in [0.3, 0.4) is 0 Å². The van der Waals surface area contributed by atoms with Crippen molar-refractivity contribution in [3.8, 4) is 6.07 Å². The molecule has 2 aliphatic heterocycles. The minimum absolute atomic E-state index is 0.0420. The SMILES string of the molecule is N#Cc1cccc(N2CCc3c(ncnc3NC3=NC=C(C(=O)NCC(F)(F)F)C=CC3)C2)c1C(F)(F)F. The fourth-order valence-electron chi connectivity index (χ4n) is 4.04. The first-order chi connectivity index (χ1) is 18.0. The van der Waals surface area contributed by atoms with Gasteiger partial charge in [-0.25, -0.2) is 15.0 Å². The molecular weight excluding hydrogens is 516 g/mol. The second-order valence-electron chi connectivity index (χ2n) is 8.32. The van der Waals surface area contributed by atoms with Crippen molar-refractivity contribution in [1.29, 1.82) is 5.26 Å². The van der Waals surface area contributed by atoms with Crippen LogP contribution >= 0.6 is 0 Å². The molecule has 14 heteroatoms. The summed E-state index contributed by atoms with van der Waals surface area (Å²) in [6, 6.07) is 5.44. The van der Waals surface area contributed by atoms with Crippen LogP contribution in [0.1, 0.15) is 28.8 Å². The lowest BCUT2D eigenvalue weighted by atomic mass is 10.0. The molecule has 3 heterocycles. The average Bonchev–Trinajstić information content (AvgIpc) is 3.11. The highest BCUT2D eigenvalue weighted by molar-refractivity contribution is 6.00. The quantitative estimate of drug-likeness (QED) is 0.567. The highest BCUT2D eigenvalue weighted by Gasteiger charge is 2.38. The molecule has 0 aliphatic carbocycles. The number of carbonyl (C=O) groups excluding carboxylic acids is 1. The summed E-state index contributed by atoms with van der Waals surface area (Å²) in [5.74, 6) is -0.201. The van der Waals surface area contributed by atoms with Gasteiger partial charge in [0, 0.05) is 24.7 Å². The van der Waals surface area contributed by atoms with Crippen LogP contribution in [0.4, 0.5) is 37.8 Å². The molecule has 2 aromatic rings. The van der Waals surface area contributed by atoms with Gasteiger partial charge in [0.15, 0.2) is 0 Å². The Hall–Kier alpha value is -4.41. The number of hydrogen-bond acceptors (Lipinski definition) is 7. The van der Waals surface area contributed by atoms with Crippen LogP contribution in [0.25, 0.3) is 0 Å². The number of aliphatic imine (C=N–C) groups is 1. The van der Waals surface area contributed by atoms with E-state index in [-0.39, 0.29) is 37.2 Å². The van der Waals surface area contributed by atoms with Crippen molar-refractivity contribution in [2.75, 3.05) is 23.3 Å². The molecule has 0 saturated carbocycles. The number of halogens is 6. The molecule has 2 aliphatic rings. The zero-order chi connectivity index (χ0) is 27.5. The zero-order valence-corrected chi connectivity index (χ0v) is 19.5. The summed E-state index contributed by atoms with van der Waals surface area (Å²) in [6.07, 6.45) is -3.48.